The van der Waals surface area contributed by atoms with Gasteiger partial charge in [0.2, 0.25) is 5.88 Å². The van der Waals surface area contributed by atoms with Crippen LogP contribution in [-0.2, 0) is 4.74 Å². The Labute approximate surface area is 100 Å². The minimum atomic E-state index is -0.996. The zero-order valence-corrected chi connectivity index (χ0v) is 10.3. The number of hydrogen-bond acceptors (Lipinski definition) is 4. The van der Waals surface area contributed by atoms with Gasteiger partial charge in [-0.3, -0.25) is 0 Å². The maximum Gasteiger partial charge on any atom is 0.337 e. The van der Waals surface area contributed by atoms with Gasteiger partial charge in [-0.25, -0.2) is 9.78 Å². The van der Waals surface area contributed by atoms with E-state index in [4.69, 9.17) is 14.6 Å². The van der Waals surface area contributed by atoms with Gasteiger partial charge >= 0.3 is 5.97 Å². The molecule has 0 aliphatic carbocycles. The van der Waals surface area contributed by atoms with Crippen LogP contribution in [0.5, 0.6) is 5.88 Å². The van der Waals surface area contributed by atoms with Crippen molar-refractivity contribution in [3.63, 3.8) is 0 Å². The molecule has 0 unspecified atom stereocenters. The molecular weight excluding hydrogens is 222 g/mol. The number of carbonyl (C=O) groups is 1. The molecule has 5 heteroatoms. The van der Waals surface area contributed by atoms with Crippen LogP contribution in [0.25, 0.3) is 0 Å². The Balaban J connectivity index is 2.45. The molecule has 0 saturated carbocycles. The number of hydrogen-bond donors (Lipinski definition) is 1. The number of aromatic nitrogens is 1. The zero-order valence-electron chi connectivity index (χ0n) is 10.3. The first-order valence-corrected chi connectivity index (χ1v) is 5.32. The molecule has 0 aromatic carbocycles. The van der Waals surface area contributed by atoms with E-state index in [1.165, 1.54) is 12.3 Å². The van der Waals surface area contributed by atoms with Crippen molar-refractivity contribution in [3.8, 4) is 5.88 Å². The highest BCUT2D eigenvalue weighted by Gasteiger charge is 2.16. The van der Waals surface area contributed by atoms with E-state index in [2.05, 4.69) is 4.98 Å². The molecule has 0 amide bonds. The van der Waals surface area contributed by atoms with Crippen LogP contribution in [0.3, 0.4) is 0 Å². The maximum absolute atomic E-state index is 10.6. The Morgan fingerprint density at radius 2 is 2.18 bits per heavy atom. The standard InChI is InChI=1S/C12H17NO4/c1-12(2,16-3)6-7-17-10-5-4-9(8-13-10)11(14)15/h4-5,8H,6-7H2,1-3H3,(H,14,15). The fourth-order valence-corrected chi connectivity index (χ4v) is 1.10. The smallest absolute Gasteiger partial charge is 0.337 e. The molecule has 1 aromatic rings. The summed E-state index contributed by atoms with van der Waals surface area (Å²) in [6.45, 7) is 4.41. The van der Waals surface area contributed by atoms with E-state index in [0.717, 1.165) is 6.42 Å². The number of pyridine rings is 1. The quantitative estimate of drug-likeness (QED) is 0.822. The number of carboxylic acid groups (broad SMARTS) is 1. The average Bonchev–Trinajstić information content (AvgIpc) is 2.29. The summed E-state index contributed by atoms with van der Waals surface area (Å²) in [6, 6.07) is 3.01. The summed E-state index contributed by atoms with van der Waals surface area (Å²) in [5.41, 5.74) is -0.0874. The van der Waals surface area contributed by atoms with E-state index < -0.39 is 5.97 Å². The molecule has 94 valence electrons. The second-order valence-electron chi connectivity index (χ2n) is 4.25. The lowest BCUT2D eigenvalue weighted by Gasteiger charge is -2.22. The van der Waals surface area contributed by atoms with Crippen LogP contribution in [0, 0.1) is 0 Å². The summed E-state index contributed by atoms with van der Waals surface area (Å²) in [5, 5.41) is 8.69. The molecule has 17 heavy (non-hydrogen) atoms. The van der Waals surface area contributed by atoms with Crippen molar-refractivity contribution in [2.24, 2.45) is 0 Å². The third-order valence-corrected chi connectivity index (χ3v) is 2.49. The van der Waals surface area contributed by atoms with E-state index in [1.807, 2.05) is 13.8 Å². The Kier molecular flexibility index (Phi) is 4.45. The van der Waals surface area contributed by atoms with Crippen LogP contribution in [0.1, 0.15) is 30.6 Å². The van der Waals surface area contributed by atoms with Crippen molar-refractivity contribution in [1.82, 2.24) is 4.98 Å². The first kappa shape index (κ1) is 13.4. The van der Waals surface area contributed by atoms with E-state index in [0.29, 0.717) is 12.5 Å². The van der Waals surface area contributed by atoms with Crippen molar-refractivity contribution in [2.75, 3.05) is 13.7 Å². The Morgan fingerprint density at radius 1 is 1.47 bits per heavy atom. The first-order chi connectivity index (χ1) is 7.94. The molecule has 1 N–H and O–H groups in total. The van der Waals surface area contributed by atoms with Crippen molar-refractivity contribution in [2.45, 2.75) is 25.9 Å². The molecule has 0 spiro atoms. The zero-order chi connectivity index (χ0) is 12.9. The lowest BCUT2D eigenvalue weighted by molar-refractivity contribution is 0.00509. The van der Waals surface area contributed by atoms with Crippen LogP contribution in [0.2, 0.25) is 0 Å². The number of carboxylic acids is 1. The monoisotopic (exact) mass is 239 g/mol. The Hall–Kier alpha value is -1.62. The molecule has 0 radical (unpaired) electrons. The topological polar surface area (TPSA) is 68.7 Å². The van der Waals surface area contributed by atoms with E-state index in [-0.39, 0.29) is 11.2 Å². The van der Waals surface area contributed by atoms with Crippen LogP contribution in [0.4, 0.5) is 0 Å². The van der Waals surface area contributed by atoms with Gasteiger partial charge in [-0.1, -0.05) is 0 Å². The lowest BCUT2D eigenvalue weighted by atomic mass is 10.1. The van der Waals surface area contributed by atoms with E-state index in [1.54, 1.807) is 13.2 Å². The van der Waals surface area contributed by atoms with Crippen molar-refractivity contribution < 1.29 is 19.4 Å². The SMILES string of the molecule is COC(C)(C)CCOc1ccc(C(=O)O)cn1. The van der Waals surface area contributed by atoms with Crippen molar-refractivity contribution >= 4 is 5.97 Å². The molecule has 1 aromatic heterocycles. The largest absolute Gasteiger partial charge is 0.478 e. The van der Waals surface area contributed by atoms with Gasteiger partial charge in [-0.2, -0.15) is 0 Å². The van der Waals surface area contributed by atoms with E-state index in [9.17, 15) is 4.79 Å². The maximum atomic E-state index is 10.6. The second-order valence-corrected chi connectivity index (χ2v) is 4.25. The minimum Gasteiger partial charge on any atom is -0.478 e. The van der Waals surface area contributed by atoms with Crippen LogP contribution in [0.15, 0.2) is 18.3 Å². The summed E-state index contributed by atoms with van der Waals surface area (Å²) >= 11 is 0. The van der Waals surface area contributed by atoms with Gasteiger partial charge in [-0.05, 0) is 19.9 Å². The highest BCUT2D eigenvalue weighted by molar-refractivity contribution is 5.87. The number of aromatic carboxylic acids is 1. The number of nitrogens with zero attached hydrogens (tertiary/aromatic N) is 1. The van der Waals surface area contributed by atoms with Crippen LogP contribution in [-0.4, -0.2) is 35.4 Å². The van der Waals surface area contributed by atoms with Gasteiger partial charge in [0, 0.05) is 25.8 Å². The van der Waals surface area contributed by atoms with E-state index >= 15 is 0 Å². The number of rotatable bonds is 6. The fraction of sp³-hybridized carbons (Fsp3) is 0.500. The van der Waals surface area contributed by atoms with Gasteiger partial charge < -0.3 is 14.6 Å². The minimum absolute atomic E-state index is 0.148. The molecule has 0 aliphatic rings. The summed E-state index contributed by atoms with van der Waals surface area (Å²) in [5.74, 6) is -0.577. The molecule has 0 bridgehead atoms. The molecule has 5 nitrogen and oxygen atoms in total. The van der Waals surface area contributed by atoms with Gasteiger partial charge in [0.1, 0.15) is 0 Å². The highest BCUT2D eigenvalue weighted by Crippen LogP contribution is 2.14. The third-order valence-electron chi connectivity index (χ3n) is 2.49. The van der Waals surface area contributed by atoms with Gasteiger partial charge in [0.25, 0.3) is 0 Å². The summed E-state index contributed by atoms with van der Waals surface area (Å²) in [4.78, 5) is 14.5. The van der Waals surface area contributed by atoms with Crippen LogP contribution >= 0.6 is 0 Å². The average molecular weight is 239 g/mol. The molecular formula is C12H17NO4. The highest BCUT2D eigenvalue weighted by atomic mass is 16.5. The third kappa shape index (κ3) is 4.40. The van der Waals surface area contributed by atoms with Gasteiger partial charge in [-0.15, -0.1) is 0 Å². The Morgan fingerprint density at radius 3 is 2.65 bits per heavy atom. The summed E-state index contributed by atoms with van der Waals surface area (Å²) in [6.07, 6.45) is 2.00. The molecule has 0 aliphatic heterocycles. The summed E-state index contributed by atoms with van der Waals surface area (Å²) < 4.78 is 10.6. The normalized spacial score (nSPS) is 11.2. The predicted octanol–water partition coefficient (Wildman–Crippen LogP) is 1.97. The molecule has 0 atom stereocenters. The Bertz CT molecular complexity index is 373. The van der Waals surface area contributed by atoms with Crippen molar-refractivity contribution in [1.29, 1.82) is 0 Å². The molecule has 1 rings (SSSR count). The molecule has 1 heterocycles. The van der Waals surface area contributed by atoms with Crippen molar-refractivity contribution in [3.05, 3.63) is 23.9 Å². The number of methoxy groups -OCH3 is 1. The first-order valence-electron chi connectivity index (χ1n) is 5.32. The predicted molar refractivity (Wildman–Crippen MR) is 62.4 cm³/mol. The number of ether oxygens (including phenoxy) is 2. The second kappa shape index (κ2) is 5.63. The lowest BCUT2D eigenvalue weighted by Crippen LogP contribution is -2.25. The van der Waals surface area contributed by atoms with Gasteiger partial charge in [0.05, 0.1) is 17.8 Å². The fourth-order valence-electron chi connectivity index (χ4n) is 1.10. The molecule has 0 fully saturated rings. The van der Waals surface area contributed by atoms with Crippen LogP contribution < -0.4 is 4.74 Å². The van der Waals surface area contributed by atoms with Gasteiger partial charge in [0.15, 0.2) is 0 Å². The molecule has 0 saturated heterocycles. The summed E-state index contributed by atoms with van der Waals surface area (Å²) in [7, 11) is 1.65.